The van der Waals surface area contributed by atoms with Crippen molar-refractivity contribution >= 4 is 15.9 Å². The van der Waals surface area contributed by atoms with E-state index in [-0.39, 0.29) is 0 Å². The zero-order valence-corrected chi connectivity index (χ0v) is 13.4. The Morgan fingerprint density at radius 2 is 1.95 bits per heavy atom. The summed E-state index contributed by atoms with van der Waals surface area (Å²) in [5, 5.41) is 0. The van der Waals surface area contributed by atoms with E-state index in [0.717, 1.165) is 6.54 Å². The summed E-state index contributed by atoms with van der Waals surface area (Å²) in [5.74, 6) is 0.679. The van der Waals surface area contributed by atoms with Crippen molar-refractivity contribution in [1.82, 2.24) is 4.90 Å². The van der Waals surface area contributed by atoms with E-state index in [0.29, 0.717) is 5.92 Å². The van der Waals surface area contributed by atoms with Crippen molar-refractivity contribution in [1.29, 1.82) is 0 Å². The second-order valence-corrected chi connectivity index (χ2v) is 6.68. The molecule has 0 aliphatic carbocycles. The highest BCUT2D eigenvalue weighted by atomic mass is 79.9. The summed E-state index contributed by atoms with van der Waals surface area (Å²) in [6.07, 6.45) is 1.27. The zero-order valence-electron chi connectivity index (χ0n) is 11.8. The third kappa shape index (κ3) is 3.31. The zero-order chi connectivity index (χ0) is 13.9. The van der Waals surface area contributed by atoms with E-state index in [1.165, 1.54) is 40.7 Å². The first-order valence-electron chi connectivity index (χ1n) is 7.24. The van der Waals surface area contributed by atoms with Crippen LogP contribution in [0.25, 0.3) is 0 Å². The molecule has 2 aromatic rings. The Morgan fingerprint density at radius 1 is 1.15 bits per heavy atom. The molecule has 0 spiro atoms. The van der Waals surface area contributed by atoms with Crippen molar-refractivity contribution in [3.8, 4) is 0 Å². The molecular weight excluding hydrogens is 310 g/mol. The highest BCUT2D eigenvalue weighted by Crippen LogP contribution is 2.29. The van der Waals surface area contributed by atoms with Crippen LogP contribution in [0.15, 0.2) is 53.0 Å². The van der Waals surface area contributed by atoms with Crippen LogP contribution in [0, 0.1) is 6.92 Å². The van der Waals surface area contributed by atoms with Crippen LogP contribution in [0.4, 0.5) is 0 Å². The summed E-state index contributed by atoms with van der Waals surface area (Å²) < 4.78 is 1.19. The smallest absolute Gasteiger partial charge is 0.0233 e. The van der Waals surface area contributed by atoms with Gasteiger partial charge in [0.1, 0.15) is 0 Å². The number of likely N-dealkylation sites (tertiary alicyclic amines) is 1. The van der Waals surface area contributed by atoms with Crippen molar-refractivity contribution < 1.29 is 0 Å². The molecule has 2 heteroatoms. The lowest BCUT2D eigenvalue weighted by Gasteiger charge is -2.16. The summed E-state index contributed by atoms with van der Waals surface area (Å²) in [5.41, 5.74) is 4.22. The molecule has 0 radical (unpaired) electrons. The van der Waals surface area contributed by atoms with Gasteiger partial charge in [-0.3, -0.25) is 4.90 Å². The molecule has 1 nitrogen and oxygen atoms in total. The van der Waals surface area contributed by atoms with E-state index >= 15 is 0 Å². The summed E-state index contributed by atoms with van der Waals surface area (Å²) in [4.78, 5) is 2.57. The fraction of sp³-hybridized carbons (Fsp3) is 0.333. The molecule has 3 rings (SSSR count). The molecule has 1 atom stereocenters. The molecule has 1 aliphatic heterocycles. The first-order valence-corrected chi connectivity index (χ1v) is 8.03. The van der Waals surface area contributed by atoms with Crippen molar-refractivity contribution in [2.45, 2.75) is 25.8 Å². The van der Waals surface area contributed by atoms with Gasteiger partial charge < -0.3 is 0 Å². The molecule has 2 aromatic carbocycles. The monoisotopic (exact) mass is 329 g/mol. The number of hydrogen-bond acceptors (Lipinski definition) is 1. The van der Waals surface area contributed by atoms with Crippen LogP contribution in [0.3, 0.4) is 0 Å². The topological polar surface area (TPSA) is 3.24 Å². The average Bonchev–Trinajstić information content (AvgIpc) is 2.90. The number of rotatable bonds is 3. The van der Waals surface area contributed by atoms with Gasteiger partial charge in [0, 0.05) is 17.6 Å². The molecule has 0 bridgehead atoms. The minimum absolute atomic E-state index is 0.679. The molecule has 1 fully saturated rings. The van der Waals surface area contributed by atoms with Gasteiger partial charge in [0.2, 0.25) is 0 Å². The van der Waals surface area contributed by atoms with E-state index in [2.05, 4.69) is 76.3 Å². The Kier molecular flexibility index (Phi) is 4.23. The van der Waals surface area contributed by atoms with Crippen LogP contribution < -0.4 is 0 Å². The normalized spacial score (nSPS) is 19.4. The Labute approximate surface area is 129 Å². The fourth-order valence-electron chi connectivity index (χ4n) is 2.96. The van der Waals surface area contributed by atoms with Gasteiger partial charge in [-0.25, -0.2) is 0 Å². The molecule has 0 amide bonds. The molecule has 1 aliphatic rings. The van der Waals surface area contributed by atoms with Crippen molar-refractivity contribution in [2.75, 3.05) is 13.1 Å². The number of halogens is 1. The van der Waals surface area contributed by atoms with Crippen LogP contribution >= 0.6 is 15.9 Å². The van der Waals surface area contributed by atoms with Gasteiger partial charge in [0.05, 0.1) is 0 Å². The maximum absolute atomic E-state index is 3.57. The van der Waals surface area contributed by atoms with E-state index in [1.807, 2.05) is 0 Å². The highest BCUT2D eigenvalue weighted by Gasteiger charge is 2.23. The molecule has 0 aromatic heterocycles. The largest absolute Gasteiger partial charge is 0.298 e. The van der Waals surface area contributed by atoms with E-state index in [1.54, 1.807) is 0 Å². The standard InChI is InChI=1S/C18H20BrN/c1-14-5-7-15(8-6-14)12-20-10-9-17(13-20)16-3-2-4-18(19)11-16/h2-8,11,17H,9-10,12-13H2,1H3. The molecule has 1 unspecified atom stereocenters. The molecule has 0 N–H and O–H groups in total. The minimum atomic E-state index is 0.679. The Balaban J connectivity index is 1.63. The summed E-state index contributed by atoms with van der Waals surface area (Å²) >= 11 is 3.57. The third-order valence-corrected chi connectivity index (χ3v) is 4.61. The quantitative estimate of drug-likeness (QED) is 0.785. The SMILES string of the molecule is Cc1ccc(CN2CCC(c3cccc(Br)c3)C2)cc1. The second-order valence-electron chi connectivity index (χ2n) is 5.76. The molecule has 0 saturated carbocycles. The van der Waals surface area contributed by atoms with Gasteiger partial charge in [0.15, 0.2) is 0 Å². The van der Waals surface area contributed by atoms with Crippen molar-refractivity contribution in [3.05, 3.63) is 69.7 Å². The van der Waals surface area contributed by atoms with E-state index < -0.39 is 0 Å². The average molecular weight is 330 g/mol. The Morgan fingerprint density at radius 3 is 2.70 bits per heavy atom. The first-order chi connectivity index (χ1) is 9.70. The molecule has 104 valence electrons. The van der Waals surface area contributed by atoms with Gasteiger partial charge in [0.25, 0.3) is 0 Å². The highest BCUT2D eigenvalue weighted by molar-refractivity contribution is 9.10. The van der Waals surface area contributed by atoms with Crippen LogP contribution in [-0.4, -0.2) is 18.0 Å². The number of nitrogens with zero attached hydrogens (tertiary/aromatic N) is 1. The lowest BCUT2D eigenvalue weighted by Crippen LogP contribution is -2.19. The summed E-state index contributed by atoms with van der Waals surface area (Å²) in [6, 6.07) is 17.7. The van der Waals surface area contributed by atoms with Gasteiger partial charge in [-0.1, -0.05) is 57.9 Å². The molecule has 1 heterocycles. The molecule has 1 saturated heterocycles. The predicted octanol–water partition coefficient (Wildman–Crippen LogP) is 4.75. The minimum Gasteiger partial charge on any atom is -0.298 e. The number of benzene rings is 2. The Hall–Kier alpha value is -1.12. The van der Waals surface area contributed by atoms with Gasteiger partial charge >= 0.3 is 0 Å². The third-order valence-electron chi connectivity index (χ3n) is 4.12. The lowest BCUT2D eigenvalue weighted by atomic mass is 9.99. The molecular formula is C18H20BrN. The molecule has 20 heavy (non-hydrogen) atoms. The predicted molar refractivity (Wildman–Crippen MR) is 88.0 cm³/mol. The second kappa shape index (κ2) is 6.11. The van der Waals surface area contributed by atoms with Crippen molar-refractivity contribution in [3.63, 3.8) is 0 Å². The van der Waals surface area contributed by atoms with Gasteiger partial charge in [-0.2, -0.15) is 0 Å². The summed E-state index contributed by atoms with van der Waals surface area (Å²) in [6.45, 7) is 5.59. The number of aryl methyl sites for hydroxylation is 1. The van der Waals surface area contributed by atoms with Gasteiger partial charge in [-0.15, -0.1) is 0 Å². The van der Waals surface area contributed by atoms with Crippen LogP contribution in [0.1, 0.15) is 29.0 Å². The van der Waals surface area contributed by atoms with E-state index in [4.69, 9.17) is 0 Å². The lowest BCUT2D eigenvalue weighted by molar-refractivity contribution is 0.327. The maximum Gasteiger partial charge on any atom is 0.0233 e. The fourth-order valence-corrected chi connectivity index (χ4v) is 3.38. The van der Waals surface area contributed by atoms with E-state index in [9.17, 15) is 0 Å². The van der Waals surface area contributed by atoms with Gasteiger partial charge in [-0.05, 0) is 49.1 Å². The Bertz CT molecular complexity index is 576. The van der Waals surface area contributed by atoms with Crippen LogP contribution in [0.2, 0.25) is 0 Å². The maximum atomic E-state index is 3.57. The first kappa shape index (κ1) is 13.8. The van der Waals surface area contributed by atoms with Crippen LogP contribution in [0.5, 0.6) is 0 Å². The summed E-state index contributed by atoms with van der Waals surface area (Å²) in [7, 11) is 0. The number of hydrogen-bond donors (Lipinski definition) is 0. The van der Waals surface area contributed by atoms with Crippen LogP contribution in [-0.2, 0) is 6.54 Å². The van der Waals surface area contributed by atoms with Crippen molar-refractivity contribution in [2.24, 2.45) is 0 Å².